The van der Waals surface area contributed by atoms with E-state index in [1.165, 1.54) is 12.6 Å². The number of hydrogen-bond acceptors (Lipinski definition) is 3. The quantitative estimate of drug-likeness (QED) is 0.372. The summed E-state index contributed by atoms with van der Waals surface area (Å²) in [5, 5.41) is 11.5. The van der Waals surface area contributed by atoms with Crippen molar-refractivity contribution >= 4 is 12.1 Å². The monoisotopic (exact) mass is 248 g/mol. The van der Waals surface area contributed by atoms with E-state index in [1.54, 1.807) is 6.20 Å². The van der Waals surface area contributed by atoms with Crippen molar-refractivity contribution in [2.45, 2.75) is 25.8 Å². The summed E-state index contributed by atoms with van der Waals surface area (Å²) < 4.78 is 1.81. The molecule has 2 rings (SSSR count). The second-order valence-corrected chi connectivity index (χ2v) is 4.50. The molecule has 18 heavy (non-hydrogen) atoms. The molecule has 0 unspecified atom stereocenters. The molecule has 5 nitrogen and oxygen atoms in total. The van der Waals surface area contributed by atoms with Gasteiger partial charge in [-0.3, -0.25) is 4.79 Å². The molecule has 5 heteroatoms. The largest absolute Gasteiger partial charge is 0.411 e. The lowest BCUT2D eigenvalue weighted by molar-refractivity contribution is -0.685. The van der Waals surface area contributed by atoms with Gasteiger partial charge in [-0.2, -0.15) is 4.57 Å². The molecule has 0 saturated carbocycles. The minimum Gasteiger partial charge on any atom is -0.411 e. The molecule has 1 fully saturated rings. The molecule has 1 aromatic heterocycles. The van der Waals surface area contributed by atoms with Gasteiger partial charge in [-0.25, -0.2) is 0 Å². The van der Waals surface area contributed by atoms with Gasteiger partial charge in [0.2, 0.25) is 6.54 Å². The third kappa shape index (κ3) is 3.29. The first-order valence-corrected chi connectivity index (χ1v) is 6.24. The number of hydrogen-bond donors (Lipinski definition) is 1. The van der Waals surface area contributed by atoms with Crippen LogP contribution in [0.1, 0.15) is 24.8 Å². The van der Waals surface area contributed by atoms with Crippen LogP contribution in [-0.4, -0.2) is 35.3 Å². The highest BCUT2D eigenvalue weighted by atomic mass is 16.4. The first-order valence-electron chi connectivity index (χ1n) is 6.24. The zero-order valence-corrected chi connectivity index (χ0v) is 10.3. The lowest BCUT2D eigenvalue weighted by atomic mass is 10.1. The van der Waals surface area contributed by atoms with E-state index in [0.29, 0.717) is 6.54 Å². The SMILES string of the molecule is O=C(C[n+]1cccc(/C=N\O)c1)N1CCCCC1. The van der Waals surface area contributed by atoms with Crippen molar-refractivity contribution in [2.75, 3.05) is 13.1 Å². The lowest BCUT2D eigenvalue weighted by Gasteiger charge is -2.25. The van der Waals surface area contributed by atoms with Crippen LogP contribution in [0.15, 0.2) is 29.7 Å². The molecule has 96 valence electrons. The van der Waals surface area contributed by atoms with Gasteiger partial charge in [-0.05, 0) is 25.3 Å². The normalized spacial score (nSPS) is 16.1. The van der Waals surface area contributed by atoms with Gasteiger partial charge in [0, 0.05) is 19.2 Å². The Hall–Kier alpha value is -1.91. The topological polar surface area (TPSA) is 56.8 Å². The zero-order valence-electron chi connectivity index (χ0n) is 10.3. The highest BCUT2D eigenvalue weighted by Crippen LogP contribution is 2.08. The van der Waals surface area contributed by atoms with Crippen molar-refractivity contribution in [3.63, 3.8) is 0 Å². The summed E-state index contributed by atoms with van der Waals surface area (Å²) in [4.78, 5) is 14.0. The van der Waals surface area contributed by atoms with Crippen LogP contribution in [0.4, 0.5) is 0 Å². The van der Waals surface area contributed by atoms with Crippen LogP contribution in [0.5, 0.6) is 0 Å². The number of likely N-dealkylation sites (tertiary alicyclic amines) is 1. The molecule has 0 spiro atoms. The predicted molar refractivity (Wildman–Crippen MR) is 66.4 cm³/mol. The van der Waals surface area contributed by atoms with Crippen LogP contribution in [0.2, 0.25) is 0 Å². The molecule has 0 aliphatic carbocycles. The first-order chi connectivity index (χ1) is 8.79. The van der Waals surface area contributed by atoms with E-state index in [4.69, 9.17) is 5.21 Å². The fourth-order valence-corrected chi connectivity index (χ4v) is 2.18. The molecule has 1 aliphatic heterocycles. The zero-order chi connectivity index (χ0) is 12.8. The Morgan fingerprint density at radius 2 is 2.22 bits per heavy atom. The highest BCUT2D eigenvalue weighted by Gasteiger charge is 2.19. The van der Waals surface area contributed by atoms with Crippen molar-refractivity contribution in [3.8, 4) is 0 Å². The fraction of sp³-hybridized carbons (Fsp3) is 0.462. The number of amides is 1. The van der Waals surface area contributed by atoms with E-state index in [1.807, 2.05) is 27.8 Å². The van der Waals surface area contributed by atoms with E-state index >= 15 is 0 Å². The second-order valence-electron chi connectivity index (χ2n) is 4.50. The van der Waals surface area contributed by atoms with Crippen molar-refractivity contribution in [3.05, 3.63) is 30.1 Å². The highest BCUT2D eigenvalue weighted by molar-refractivity contribution is 5.78. The molecule has 0 bridgehead atoms. The lowest BCUT2D eigenvalue weighted by Crippen LogP contribution is -2.46. The number of aromatic nitrogens is 1. The molecule has 1 aliphatic rings. The average molecular weight is 248 g/mol. The number of pyridine rings is 1. The van der Waals surface area contributed by atoms with Crippen LogP contribution in [0.3, 0.4) is 0 Å². The summed E-state index contributed by atoms with van der Waals surface area (Å²) in [5.74, 6) is 0.151. The van der Waals surface area contributed by atoms with Crippen molar-refractivity contribution in [1.82, 2.24) is 4.90 Å². The van der Waals surface area contributed by atoms with Crippen molar-refractivity contribution < 1.29 is 14.6 Å². The number of oxime groups is 1. The maximum Gasteiger partial charge on any atom is 0.288 e. The minimum absolute atomic E-state index is 0.151. The summed E-state index contributed by atoms with van der Waals surface area (Å²) in [5.41, 5.74) is 0.770. The van der Waals surface area contributed by atoms with Gasteiger partial charge < -0.3 is 10.1 Å². The van der Waals surface area contributed by atoms with Gasteiger partial charge in [0.25, 0.3) is 5.91 Å². The maximum absolute atomic E-state index is 12.1. The van der Waals surface area contributed by atoms with Crippen LogP contribution in [-0.2, 0) is 11.3 Å². The first kappa shape index (κ1) is 12.5. The molecule has 1 saturated heterocycles. The van der Waals surface area contributed by atoms with Crippen molar-refractivity contribution in [2.24, 2.45) is 5.16 Å². The molecule has 1 amide bonds. The van der Waals surface area contributed by atoms with E-state index in [0.717, 1.165) is 31.5 Å². The van der Waals surface area contributed by atoms with Crippen LogP contribution >= 0.6 is 0 Å². The predicted octanol–water partition coefficient (Wildman–Crippen LogP) is 0.795. The Morgan fingerprint density at radius 3 is 2.94 bits per heavy atom. The Kier molecular flexibility index (Phi) is 4.28. The summed E-state index contributed by atoms with van der Waals surface area (Å²) >= 11 is 0. The maximum atomic E-state index is 12.1. The molecular formula is C13H18N3O2+. The Bertz CT molecular complexity index is 440. The third-order valence-electron chi connectivity index (χ3n) is 3.11. The fourth-order valence-electron chi connectivity index (χ4n) is 2.18. The summed E-state index contributed by atoms with van der Waals surface area (Å²) in [6.45, 7) is 2.08. The summed E-state index contributed by atoms with van der Waals surface area (Å²) in [7, 11) is 0. The Balaban J connectivity index is 1.99. The second kappa shape index (κ2) is 6.14. The van der Waals surface area contributed by atoms with Gasteiger partial charge in [0.1, 0.15) is 0 Å². The number of nitrogens with zero attached hydrogens (tertiary/aromatic N) is 3. The van der Waals surface area contributed by atoms with E-state index in [2.05, 4.69) is 5.16 Å². The van der Waals surface area contributed by atoms with Crippen LogP contribution in [0, 0.1) is 0 Å². The summed E-state index contributed by atoms with van der Waals surface area (Å²) in [6.07, 6.45) is 8.42. The number of rotatable bonds is 3. The Labute approximate surface area is 106 Å². The van der Waals surface area contributed by atoms with Gasteiger partial charge in [0.15, 0.2) is 12.4 Å². The standard InChI is InChI=1S/C13H17N3O2/c17-13(16-7-2-1-3-8-16)11-15-6-4-5-12(10-15)9-14-18/h4-6,9-10H,1-3,7-8,11H2/p+1/b14-9-. The minimum atomic E-state index is 0.151. The molecule has 1 aromatic rings. The molecular weight excluding hydrogens is 230 g/mol. The average Bonchev–Trinajstić information content (AvgIpc) is 2.40. The van der Waals surface area contributed by atoms with Gasteiger partial charge in [-0.15, -0.1) is 0 Å². The Morgan fingerprint density at radius 1 is 1.44 bits per heavy atom. The number of carbonyl (C=O) groups is 1. The molecule has 2 heterocycles. The van der Waals surface area contributed by atoms with E-state index in [-0.39, 0.29) is 5.91 Å². The number of piperidine rings is 1. The van der Waals surface area contributed by atoms with Crippen LogP contribution < -0.4 is 4.57 Å². The van der Waals surface area contributed by atoms with Crippen LogP contribution in [0.25, 0.3) is 0 Å². The smallest absolute Gasteiger partial charge is 0.288 e. The molecule has 0 atom stereocenters. The molecule has 0 aromatic carbocycles. The molecule has 0 radical (unpaired) electrons. The van der Waals surface area contributed by atoms with E-state index in [9.17, 15) is 4.79 Å². The third-order valence-corrected chi connectivity index (χ3v) is 3.11. The number of carbonyl (C=O) groups excluding carboxylic acids is 1. The van der Waals surface area contributed by atoms with Gasteiger partial charge >= 0.3 is 0 Å². The van der Waals surface area contributed by atoms with E-state index < -0.39 is 0 Å². The van der Waals surface area contributed by atoms with Gasteiger partial charge in [-0.1, -0.05) is 5.16 Å². The molecule has 1 N–H and O–H groups in total. The van der Waals surface area contributed by atoms with Crippen molar-refractivity contribution in [1.29, 1.82) is 0 Å². The summed E-state index contributed by atoms with van der Waals surface area (Å²) in [6, 6.07) is 3.65. The van der Waals surface area contributed by atoms with Gasteiger partial charge in [0.05, 0.1) is 11.8 Å².